The zero-order valence-corrected chi connectivity index (χ0v) is 22.5. The maximum absolute atomic E-state index is 10.4. The van der Waals surface area contributed by atoms with Gasteiger partial charge in [0.15, 0.2) is 5.82 Å². The van der Waals surface area contributed by atoms with Gasteiger partial charge in [0, 0.05) is 62.6 Å². The van der Waals surface area contributed by atoms with Gasteiger partial charge in [-0.15, -0.1) is 10.2 Å². The van der Waals surface area contributed by atoms with Gasteiger partial charge in [0.05, 0.1) is 17.6 Å². The molecule has 3 aliphatic heterocycles. The lowest BCUT2D eigenvalue weighted by molar-refractivity contribution is 0.0896. The minimum absolute atomic E-state index is 0.367. The van der Waals surface area contributed by atoms with Gasteiger partial charge < -0.3 is 19.6 Å². The normalized spacial score (nSPS) is 24.1. The van der Waals surface area contributed by atoms with E-state index in [1.807, 2.05) is 30.9 Å². The maximum atomic E-state index is 10.4. The molecule has 0 aliphatic carbocycles. The van der Waals surface area contributed by atoms with Crippen LogP contribution in [0.3, 0.4) is 0 Å². The molecule has 1 N–H and O–H groups in total. The number of rotatable bonds is 4. The number of aromatic nitrogens is 4. The number of aryl methyl sites for hydroxylation is 2. The highest BCUT2D eigenvalue weighted by molar-refractivity contribution is 6.45. The van der Waals surface area contributed by atoms with Gasteiger partial charge in [0.25, 0.3) is 0 Å². The lowest BCUT2D eigenvalue weighted by Gasteiger charge is -2.52. The first-order valence-electron chi connectivity index (χ1n) is 13.8. The predicted molar refractivity (Wildman–Crippen MR) is 150 cm³/mol. The van der Waals surface area contributed by atoms with Gasteiger partial charge in [0.2, 0.25) is 0 Å². The molecule has 5 heterocycles. The molecule has 0 radical (unpaired) electrons. The first-order valence-corrected chi connectivity index (χ1v) is 13.8. The second-order valence-corrected chi connectivity index (χ2v) is 11.3. The summed E-state index contributed by atoms with van der Waals surface area (Å²) < 4.78 is 1.83. The second kappa shape index (κ2) is 9.76. The monoisotopic (exact) mass is 499 g/mol. The summed E-state index contributed by atoms with van der Waals surface area (Å²) in [6, 6.07) is 10.1. The average molecular weight is 499 g/mol. The summed E-state index contributed by atoms with van der Waals surface area (Å²) in [4.78, 5) is 7.26. The van der Waals surface area contributed by atoms with Crippen molar-refractivity contribution >= 4 is 18.6 Å². The topological polar surface area (TPSA) is 73.6 Å². The molecule has 2 saturated heterocycles. The van der Waals surface area contributed by atoms with Crippen LogP contribution in [-0.2, 0) is 7.05 Å². The van der Waals surface area contributed by atoms with Crippen LogP contribution in [0.1, 0.15) is 44.1 Å². The highest BCUT2D eigenvalue weighted by Gasteiger charge is 2.43. The van der Waals surface area contributed by atoms with Crippen molar-refractivity contribution in [3.05, 3.63) is 42.2 Å². The van der Waals surface area contributed by atoms with Crippen LogP contribution in [0, 0.1) is 6.92 Å². The highest BCUT2D eigenvalue weighted by Crippen LogP contribution is 2.41. The SMILES string of the molecule is CB(O)N1C2CCC[C@H]1C[C@H](N1CCCN(C)c3cc(-c4ccc(-c5cnn(C)c5)cc4C)nnc31)C2. The number of fused-ring (bicyclic) bond motifs is 3. The van der Waals surface area contributed by atoms with Gasteiger partial charge in [-0.2, -0.15) is 5.10 Å². The Bertz CT molecular complexity index is 1260. The van der Waals surface area contributed by atoms with E-state index in [1.54, 1.807) is 0 Å². The summed E-state index contributed by atoms with van der Waals surface area (Å²) in [7, 11) is 3.75. The molecule has 37 heavy (non-hydrogen) atoms. The van der Waals surface area contributed by atoms with E-state index in [0.717, 1.165) is 60.6 Å². The number of anilines is 2. The fraction of sp³-hybridized carbons (Fsp3) is 0.536. The van der Waals surface area contributed by atoms with Crippen molar-refractivity contribution in [2.45, 2.75) is 70.4 Å². The molecule has 6 rings (SSSR count). The van der Waals surface area contributed by atoms with Crippen LogP contribution in [0.4, 0.5) is 11.5 Å². The van der Waals surface area contributed by atoms with Crippen LogP contribution < -0.4 is 9.80 Å². The molecule has 3 atom stereocenters. The minimum atomic E-state index is -0.367. The second-order valence-electron chi connectivity index (χ2n) is 11.3. The molecule has 8 nitrogen and oxygen atoms in total. The van der Waals surface area contributed by atoms with Crippen molar-refractivity contribution in [1.29, 1.82) is 0 Å². The zero-order valence-electron chi connectivity index (χ0n) is 22.5. The molecule has 0 spiro atoms. The van der Waals surface area contributed by atoms with Crippen molar-refractivity contribution in [1.82, 2.24) is 24.8 Å². The Balaban J connectivity index is 1.31. The van der Waals surface area contributed by atoms with E-state index in [1.165, 1.54) is 30.5 Å². The Kier molecular flexibility index (Phi) is 6.45. The minimum Gasteiger partial charge on any atom is -0.437 e. The Labute approximate surface area is 220 Å². The molecule has 0 amide bonds. The Morgan fingerprint density at radius 2 is 1.73 bits per heavy atom. The summed E-state index contributed by atoms with van der Waals surface area (Å²) >= 11 is 0. The lowest BCUT2D eigenvalue weighted by atomic mass is 9.70. The van der Waals surface area contributed by atoms with Crippen molar-refractivity contribution in [2.75, 3.05) is 29.9 Å². The van der Waals surface area contributed by atoms with Crippen LogP contribution in [0.15, 0.2) is 36.7 Å². The summed E-state index contributed by atoms with van der Waals surface area (Å²) in [6.07, 6.45) is 10.8. The quantitative estimate of drug-likeness (QED) is 0.544. The summed E-state index contributed by atoms with van der Waals surface area (Å²) in [6.45, 7) is 6.09. The fourth-order valence-corrected chi connectivity index (χ4v) is 7.01. The van der Waals surface area contributed by atoms with Crippen molar-refractivity contribution in [3.8, 4) is 22.4 Å². The third-order valence-corrected chi connectivity index (χ3v) is 8.75. The fourth-order valence-electron chi connectivity index (χ4n) is 7.01. The first-order chi connectivity index (χ1) is 17.9. The molecule has 9 heteroatoms. The molecule has 3 aromatic rings. The Morgan fingerprint density at radius 3 is 2.41 bits per heavy atom. The first kappa shape index (κ1) is 24.4. The van der Waals surface area contributed by atoms with Crippen LogP contribution in [0.25, 0.3) is 22.4 Å². The molecule has 3 aliphatic rings. The van der Waals surface area contributed by atoms with E-state index in [9.17, 15) is 5.02 Å². The third kappa shape index (κ3) is 4.52. The summed E-state index contributed by atoms with van der Waals surface area (Å²) in [5.41, 5.74) is 6.67. The van der Waals surface area contributed by atoms with Gasteiger partial charge in [-0.3, -0.25) is 4.68 Å². The van der Waals surface area contributed by atoms with Crippen molar-refractivity contribution in [3.63, 3.8) is 0 Å². The molecule has 2 bridgehead atoms. The maximum Gasteiger partial charge on any atom is 0.376 e. The number of nitrogens with zero attached hydrogens (tertiary/aromatic N) is 7. The summed E-state index contributed by atoms with van der Waals surface area (Å²) in [5, 5.41) is 24.4. The third-order valence-electron chi connectivity index (χ3n) is 8.75. The van der Waals surface area contributed by atoms with Crippen molar-refractivity contribution < 1.29 is 5.02 Å². The lowest BCUT2D eigenvalue weighted by Crippen LogP contribution is -2.61. The Hall–Kier alpha value is -2.91. The van der Waals surface area contributed by atoms with E-state index in [-0.39, 0.29) is 7.05 Å². The van der Waals surface area contributed by atoms with Gasteiger partial charge in [-0.1, -0.05) is 24.6 Å². The molecule has 2 aromatic heterocycles. The van der Waals surface area contributed by atoms with E-state index in [4.69, 9.17) is 10.2 Å². The molecule has 1 aromatic carbocycles. The van der Waals surface area contributed by atoms with E-state index < -0.39 is 0 Å². The number of benzene rings is 1. The Morgan fingerprint density at radius 1 is 0.946 bits per heavy atom. The largest absolute Gasteiger partial charge is 0.437 e. The van der Waals surface area contributed by atoms with Gasteiger partial charge in [0.1, 0.15) is 0 Å². The van der Waals surface area contributed by atoms with Gasteiger partial charge in [-0.05, 0) is 63.0 Å². The standard InChI is InChI=1S/C28H38BN7O/c1-19-13-20(21-17-30-34(4)18-21)9-10-25(19)26-16-27-28(32-31-26)35(12-6-11-33(27)3)24-14-22-7-5-8-23(15-24)36(22)29(2)37/h9-10,13,16-18,22-24,37H,5-8,11-12,14-15H2,1-4H3/t22-,23?,24-/m0/s1. The van der Waals surface area contributed by atoms with Crippen LogP contribution >= 0.6 is 0 Å². The van der Waals surface area contributed by atoms with Crippen molar-refractivity contribution in [2.24, 2.45) is 7.05 Å². The highest BCUT2D eigenvalue weighted by atomic mass is 16.2. The summed E-state index contributed by atoms with van der Waals surface area (Å²) in [5.74, 6) is 1.02. The molecule has 0 saturated carbocycles. The van der Waals surface area contributed by atoms with Crippen LogP contribution in [0.5, 0.6) is 0 Å². The van der Waals surface area contributed by atoms with Crippen LogP contribution in [-0.4, -0.2) is 75.1 Å². The molecular weight excluding hydrogens is 461 g/mol. The number of hydrogen-bond acceptors (Lipinski definition) is 7. The van der Waals surface area contributed by atoms with E-state index in [0.29, 0.717) is 18.1 Å². The molecule has 2 fully saturated rings. The van der Waals surface area contributed by atoms with E-state index >= 15 is 0 Å². The zero-order chi connectivity index (χ0) is 25.7. The van der Waals surface area contributed by atoms with E-state index in [2.05, 4.69) is 57.9 Å². The number of piperidine rings is 2. The van der Waals surface area contributed by atoms with Crippen LogP contribution in [0.2, 0.25) is 6.82 Å². The molecular formula is C28H38BN7O. The smallest absolute Gasteiger partial charge is 0.376 e. The average Bonchev–Trinajstić information content (AvgIpc) is 3.24. The van der Waals surface area contributed by atoms with Gasteiger partial charge in [-0.25, -0.2) is 0 Å². The molecule has 194 valence electrons. The number of hydrogen-bond donors (Lipinski definition) is 1. The van der Waals surface area contributed by atoms with Gasteiger partial charge >= 0.3 is 7.05 Å². The molecule has 1 unspecified atom stereocenters. The predicted octanol–water partition coefficient (Wildman–Crippen LogP) is 3.99.